The molecule has 1 aliphatic heterocycles. The SMILES string of the molecule is CC(C)[C@@H](Nc1nc(-c2ccncc2)cs1)C(=O)N1CC[C@](O)(c2ccc(Cl)cc2)C(C)(C)C1. The zero-order valence-corrected chi connectivity index (χ0v) is 21.5. The van der Waals surface area contributed by atoms with E-state index in [1.54, 1.807) is 24.5 Å². The van der Waals surface area contributed by atoms with Crippen molar-refractivity contribution in [3.05, 3.63) is 64.8 Å². The van der Waals surface area contributed by atoms with Gasteiger partial charge in [-0.1, -0.05) is 51.4 Å². The summed E-state index contributed by atoms with van der Waals surface area (Å²) in [4.78, 5) is 24.3. The van der Waals surface area contributed by atoms with E-state index in [0.717, 1.165) is 16.8 Å². The summed E-state index contributed by atoms with van der Waals surface area (Å²) in [6.45, 7) is 9.03. The molecule has 0 radical (unpaired) electrons. The van der Waals surface area contributed by atoms with Crippen LogP contribution in [0.3, 0.4) is 0 Å². The van der Waals surface area contributed by atoms with Gasteiger partial charge in [-0.05, 0) is 42.2 Å². The van der Waals surface area contributed by atoms with E-state index in [-0.39, 0.29) is 11.8 Å². The predicted molar refractivity (Wildman–Crippen MR) is 138 cm³/mol. The summed E-state index contributed by atoms with van der Waals surface area (Å²) < 4.78 is 0. The van der Waals surface area contributed by atoms with Crippen molar-refractivity contribution >= 4 is 34.0 Å². The van der Waals surface area contributed by atoms with Crippen LogP contribution in [0.2, 0.25) is 5.02 Å². The number of nitrogens with zero attached hydrogens (tertiary/aromatic N) is 3. The molecule has 2 N–H and O–H groups in total. The molecule has 180 valence electrons. The first kappa shape index (κ1) is 24.6. The van der Waals surface area contributed by atoms with Gasteiger partial charge >= 0.3 is 0 Å². The molecular weight excluding hydrogens is 468 g/mol. The number of likely N-dealkylation sites (tertiary alicyclic amines) is 1. The maximum atomic E-state index is 13.6. The van der Waals surface area contributed by atoms with Gasteiger partial charge < -0.3 is 15.3 Å². The van der Waals surface area contributed by atoms with Gasteiger partial charge in [0.2, 0.25) is 5.91 Å². The number of nitrogens with one attached hydrogen (secondary N) is 1. The van der Waals surface area contributed by atoms with Crippen LogP contribution in [0.1, 0.15) is 39.7 Å². The number of aromatic nitrogens is 2. The van der Waals surface area contributed by atoms with Crippen LogP contribution in [-0.4, -0.2) is 45.0 Å². The molecule has 1 saturated heterocycles. The van der Waals surface area contributed by atoms with Gasteiger partial charge in [-0.25, -0.2) is 4.98 Å². The number of rotatable bonds is 6. The molecule has 2 aromatic heterocycles. The van der Waals surface area contributed by atoms with E-state index in [9.17, 15) is 9.90 Å². The number of piperidine rings is 1. The number of hydrogen-bond donors (Lipinski definition) is 2. The van der Waals surface area contributed by atoms with Crippen LogP contribution in [-0.2, 0) is 10.4 Å². The Morgan fingerprint density at radius 3 is 2.47 bits per heavy atom. The lowest BCUT2D eigenvalue weighted by Gasteiger charge is -2.51. The average molecular weight is 499 g/mol. The molecule has 3 heterocycles. The van der Waals surface area contributed by atoms with Crippen LogP contribution in [0.25, 0.3) is 11.3 Å². The van der Waals surface area contributed by atoms with Crippen LogP contribution in [0.15, 0.2) is 54.2 Å². The molecule has 1 amide bonds. The van der Waals surface area contributed by atoms with E-state index in [2.05, 4.69) is 15.3 Å². The van der Waals surface area contributed by atoms with Crippen LogP contribution in [0.5, 0.6) is 0 Å². The third-order valence-electron chi connectivity index (χ3n) is 6.77. The number of anilines is 1. The Morgan fingerprint density at radius 1 is 1.18 bits per heavy atom. The smallest absolute Gasteiger partial charge is 0.245 e. The number of pyridine rings is 1. The summed E-state index contributed by atoms with van der Waals surface area (Å²) >= 11 is 7.54. The van der Waals surface area contributed by atoms with Gasteiger partial charge in [0.05, 0.1) is 11.3 Å². The third-order valence-corrected chi connectivity index (χ3v) is 7.80. The largest absolute Gasteiger partial charge is 0.384 e. The second kappa shape index (κ2) is 9.64. The number of aliphatic hydroxyl groups is 1. The number of hydrogen-bond acceptors (Lipinski definition) is 6. The standard InChI is InChI=1S/C26H31ClN4O2S/c1-17(2)22(30-24-29-21(15-34-24)18-9-12-28-13-10-18)23(32)31-14-11-26(33,25(3,4)16-31)19-5-7-20(27)8-6-19/h5-10,12-13,15,17,22,33H,11,14,16H2,1-4H3,(H,29,30)/t22-,26+/m1/s1. The molecule has 3 aromatic rings. The fourth-order valence-corrected chi connectivity index (χ4v) is 5.49. The monoisotopic (exact) mass is 498 g/mol. The zero-order chi connectivity index (χ0) is 24.5. The Balaban J connectivity index is 1.50. The van der Waals surface area contributed by atoms with Crippen LogP contribution >= 0.6 is 22.9 Å². The summed E-state index contributed by atoms with van der Waals surface area (Å²) in [6, 6.07) is 10.8. The van der Waals surface area contributed by atoms with Gasteiger partial charge in [-0.15, -0.1) is 11.3 Å². The Labute approximate surface area is 210 Å². The first-order valence-electron chi connectivity index (χ1n) is 11.5. The summed E-state index contributed by atoms with van der Waals surface area (Å²) in [5, 5.41) is 18.4. The molecule has 0 saturated carbocycles. The molecule has 0 bridgehead atoms. The Bertz CT molecular complexity index is 1130. The molecule has 34 heavy (non-hydrogen) atoms. The first-order chi connectivity index (χ1) is 16.1. The Kier molecular flexibility index (Phi) is 6.99. The van der Waals surface area contributed by atoms with Crippen molar-refractivity contribution in [2.45, 2.75) is 45.8 Å². The molecule has 0 aliphatic carbocycles. The molecule has 2 atom stereocenters. The molecular formula is C26H31ClN4O2S. The van der Waals surface area contributed by atoms with Crippen LogP contribution in [0.4, 0.5) is 5.13 Å². The summed E-state index contributed by atoms with van der Waals surface area (Å²) in [5.41, 5.74) is 1.11. The fourth-order valence-electron chi connectivity index (χ4n) is 4.61. The highest BCUT2D eigenvalue weighted by Gasteiger charge is 2.50. The number of benzene rings is 1. The summed E-state index contributed by atoms with van der Waals surface area (Å²) in [6.07, 6.45) is 3.94. The fraction of sp³-hybridized carbons (Fsp3) is 0.423. The molecule has 4 rings (SSSR count). The number of carbonyl (C=O) groups is 1. The highest BCUT2D eigenvalue weighted by Crippen LogP contribution is 2.46. The maximum Gasteiger partial charge on any atom is 0.245 e. The van der Waals surface area contributed by atoms with Crippen molar-refractivity contribution in [1.82, 2.24) is 14.9 Å². The molecule has 0 spiro atoms. The maximum absolute atomic E-state index is 13.6. The first-order valence-corrected chi connectivity index (χ1v) is 12.8. The quantitative estimate of drug-likeness (QED) is 0.473. The number of amides is 1. The highest BCUT2D eigenvalue weighted by molar-refractivity contribution is 7.14. The Hall–Kier alpha value is -2.48. The lowest BCUT2D eigenvalue weighted by Crippen LogP contribution is -2.59. The van der Waals surface area contributed by atoms with E-state index in [1.165, 1.54) is 11.3 Å². The van der Waals surface area contributed by atoms with E-state index in [4.69, 9.17) is 11.6 Å². The average Bonchev–Trinajstić information content (AvgIpc) is 3.28. The van der Waals surface area contributed by atoms with Gasteiger partial charge in [0.15, 0.2) is 5.13 Å². The van der Waals surface area contributed by atoms with Crippen molar-refractivity contribution < 1.29 is 9.90 Å². The molecule has 8 heteroatoms. The van der Waals surface area contributed by atoms with E-state index < -0.39 is 17.1 Å². The van der Waals surface area contributed by atoms with E-state index >= 15 is 0 Å². The van der Waals surface area contributed by atoms with E-state index in [0.29, 0.717) is 29.7 Å². The highest BCUT2D eigenvalue weighted by atomic mass is 35.5. The third kappa shape index (κ3) is 4.83. The van der Waals surface area contributed by atoms with E-state index in [1.807, 2.05) is 62.2 Å². The van der Waals surface area contributed by atoms with Crippen molar-refractivity contribution in [3.8, 4) is 11.3 Å². The Morgan fingerprint density at radius 2 is 1.85 bits per heavy atom. The molecule has 6 nitrogen and oxygen atoms in total. The topological polar surface area (TPSA) is 78.4 Å². The van der Waals surface area contributed by atoms with Gasteiger partial charge in [-0.3, -0.25) is 9.78 Å². The zero-order valence-electron chi connectivity index (χ0n) is 20.0. The van der Waals surface area contributed by atoms with Gasteiger partial charge in [0, 0.05) is 46.9 Å². The predicted octanol–water partition coefficient (Wildman–Crippen LogP) is 5.44. The lowest BCUT2D eigenvalue weighted by molar-refractivity contribution is -0.154. The summed E-state index contributed by atoms with van der Waals surface area (Å²) in [5.74, 6) is 0.0999. The normalized spacial score (nSPS) is 20.9. The number of halogens is 1. The second-order valence-corrected chi connectivity index (χ2v) is 11.2. The number of thiazole rings is 1. The minimum atomic E-state index is -1.04. The van der Waals surface area contributed by atoms with Gasteiger partial charge in [0.25, 0.3) is 0 Å². The van der Waals surface area contributed by atoms with Crippen molar-refractivity contribution in [2.75, 3.05) is 18.4 Å². The number of carbonyl (C=O) groups excluding carboxylic acids is 1. The molecule has 1 aliphatic rings. The minimum absolute atomic E-state index is 0.0295. The second-order valence-electron chi connectivity index (χ2n) is 9.90. The van der Waals surface area contributed by atoms with Crippen LogP contribution in [0, 0.1) is 11.3 Å². The van der Waals surface area contributed by atoms with Gasteiger partial charge in [0.1, 0.15) is 6.04 Å². The van der Waals surface area contributed by atoms with Gasteiger partial charge in [-0.2, -0.15) is 0 Å². The van der Waals surface area contributed by atoms with Crippen molar-refractivity contribution in [2.24, 2.45) is 11.3 Å². The minimum Gasteiger partial charge on any atom is -0.384 e. The van der Waals surface area contributed by atoms with Crippen molar-refractivity contribution in [3.63, 3.8) is 0 Å². The summed E-state index contributed by atoms with van der Waals surface area (Å²) in [7, 11) is 0. The molecule has 1 fully saturated rings. The molecule has 1 aromatic carbocycles. The van der Waals surface area contributed by atoms with Crippen LogP contribution < -0.4 is 5.32 Å². The lowest BCUT2D eigenvalue weighted by atomic mass is 9.66. The van der Waals surface area contributed by atoms with Crippen molar-refractivity contribution in [1.29, 1.82) is 0 Å². The molecule has 0 unspecified atom stereocenters.